The highest BCUT2D eigenvalue weighted by molar-refractivity contribution is 7.99. The van der Waals surface area contributed by atoms with Crippen LogP contribution in [0.25, 0.3) is 82.9 Å². The molecule has 10 rings (SSSR count). The Hall–Kier alpha value is -6.15. The molecule has 0 unspecified atom stereocenters. The maximum Gasteiger partial charge on any atom is 0.0159 e. The highest BCUT2D eigenvalue weighted by Gasteiger charge is 2.37. The molecule has 0 bridgehead atoms. The molecular weight excluding hydrogens is 741 g/mol. The lowest BCUT2D eigenvalue weighted by molar-refractivity contribution is 0.661. The first-order valence-corrected chi connectivity index (χ1v) is 22.4. The Kier molecular flexibility index (Phi) is 11.7. The van der Waals surface area contributed by atoms with Crippen molar-refractivity contribution < 1.29 is 0 Å². The zero-order valence-electron chi connectivity index (χ0n) is 36.2. The minimum atomic E-state index is -0.0688. The summed E-state index contributed by atoms with van der Waals surface area (Å²) in [4.78, 5) is 2.49. The smallest absolute Gasteiger partial charge is 0.0159 e. The molecule has 0 amide bonds. The SMILES string of the molecule is C/C=C\c1cc(Sc2ccc(-c3c4ccccc4c(-c4ccc(-c5cc6c(c7ccccc57)-c5ccccc5C6(C)C)cc4)c4ccccc34)cc2)ccc1C.CC.CC. The third kappa shape index (κ3) is 7.06. The Bertz CT molecular complexity index is 2960. The van der Waals surface area contributed by atoms with Crippen LogP contribution in [0.1, 0.15) is 70.7 Å². The van der Waals surface area contributed by atoms with E-state index in [1.807, 2.05) is 39.5 Å². The van der Waals surface area contributed by atoms with Gasteiger partial charge in [0.2, 0.25) is 0 Å². The predicted molar refractivity (Wildman–Crippen MR) is 266 cm³/mol. The number of hydrogen-bond donors (Lipinski definition) is 0. The Labute approximate surface area is 361 Å². The van der Waals surface area contributed by atoms with Crippen molar-refractivity contribution in [2.75, 3.05) is 0 Å². The van der Waals surface area contributed by atoms with E-state index >= 15 is 0 Å². The zero-order valence-corrected chi connectivity index (χ0v) is 37.0. The van der Waals surface area contributed by atoms with Crippen molar-refractivity contribution in [2.45, 2.75) is 70.6 Å². The Morgan fingerprint density at radius 3 is 1.42 bits per heavy atom. The van der Waals surface area contributed by atoms with Crippen LogP contribution in [-0.2, 0) is 5.41 Å². The van der Waals surface area contributed by atoms with Crippen LogP contribution in [0.3, 0.4) is 0 Å². The van der Waals surface area contributed by atoms with Gasteiger partial charge in [0.1, 0.15) is 0 Å². The lowest BCUT2D eigenvalue weighted by Gasteiger charge is -2.23. The largest absolute Gasteiger partial charge is 0.0901 e. The number of rotatable bonds is 6. The van der Waals surface area contributed by atoms with E-state index in [0.29, 0.717) is 0 Å². The summed E-state index contributed by atoms with van der Waals surface area (Å²) in [5, 5.41) is 7.71. The monoisotopic (exact) mass is 794 g/mol. The standard InChI is InChI=1S/C55H42S.2C2H6/c1-5-14-39-33-41(30-23-35(39)2)56-40-31-28-38(29-32-40)53-46-19-10-8-17-44(46)52(45-18-9-11-20-47(45)53)37-26-24-36(25-27-37)49-34-51-54(43-16-7-6-15-42(43)49)48-21-12-13-22-50(48)55(51,3)4;2*1-2/h5-34H,1-4H3;2*1-2H3/b14-5-;;. The van der Waals surface area contributed by atoms with Gasteiger partial charge in [-0.05, 0) is 143 Å². The van der Waals surface area contributed by atoms with Crippen LogP contribution in [0.5, 0.6) is 0 Å². The summed E-state index contributed by atoms with van der Waals surface area (Å²) in [7, 11) is 0. The van der Waals surface area contributed by atoms with Crippen molar-refractivity contribution in [3.63, 3.8) is 0 Å². The summed E-state index contributed by atoms with van der Waals surface area (Å²) < 4.78 is 0. The number of hydrogen-bond acceptors (Lipinski definition) is 1. The fourth-order valence-corrected chi connectivity index (χ4v) is 10.1. The van der Waals surface area contributed by atoms with Gasteiger partial charge < -0.3 is 0 Å². The van der Waals surface area contributed by atoms with Gasteiger partial charge in [-0.3, -0.25) is 0 Å². The summed E-state index contributed by atoms with van der Waals surface area (Å²) in [5.41, 5.74) is 15.6. The molecule has 1 aliphatic rings. The quantitative estimate of drug-likeness (QED) is 0.151. The summed E-state index contributed by atoms with van der Waals surface area (Å²) >= 11 is 1.82. The van der Waals surface area contributed by atoms with Gasteiger partial charge in [-0.15, -0.1) is 0 Å². The number of benzene rings is 9. The molecule has 9 aromatic rings. The van der Waals surface area contributed by atoms with Gasteiger partial charge in [-0.25, -0.2) is 0 Å². The molecule has 0 radical (unpaired) electrons. The highest BCUT2D eigenvalue weighted by Crippen LogP contribution is 2.53. The van der Waals surface area contributed by atoms with E-state index in [-0.39, 0.29) is 5.41 Å². The van der Waals surface area contributed by atoms with Crippen LogP contribution in [0.2, 0.25) is 0 Å². The second kappa shape index (κ2) is 17.2. The third-order valence-corrected chi connectivity index (χ3v) is 13.0. The fraction of sp³-hybridized carbons (Fsp3) is 0.153. The van der Waals surface area contributed by atoms with Crippen LogP contribution in [0.15, 0.2) is 186 Å². The van der Waals surface area contributed by atoms with Crippen LogP contribution in [0.4, 0.5) is 0 Å². The number of allylic oxidation sites excluding steroid dienone is 1. The van der Waals surface area contributed by atoms with Crippen molar-refractivity contribution in [1.82, 2.24) is 0 Å². The van der Waals surface area contributed by atoms with Crippen molar-refractivity contribution in [3.05, 3.63) is 198 Å². The van der Waals surface area contributed by atoms with Crippen molar-refractivity contribution in [2.24, 2.45) is 0 Å². The Morgan fingerprint density at radius 1 is 0.417 bits per heavy atom. The topological polar surface area (TPSA) is 0 Å². The molecule has 60 heavy (non-hydrogen) atoms. The van der Waals surface area contributed by atoms with Crippen molar-refractivity contribution in [1.29, 1.82) is 0 Å². The van der Waals surface area contributed by atoms with E-state index < -0.39 is 0 Å². The van der Waals surface area contributed by atoms with Gasteiger partial charge in [-0.1, -0.05) is 205 Å². The lowest BCUT2D eigenvalue weighted by Crippen LogP contribution is -2.15. The second-order valence-electron chi connectivity index (χ2n) is 15.6. The first-order chi connectivity index (χ1) is 29.4. The third-order valence-electron chi connectivity index (χ3n) is 12.0. The zero-order chi connectivity index (χ0) is 42.0. The summed E-state index contributed by atoms with van der Waals surface area (Å²) in [6.45, 7) is 17.0. The average Bonchev–Trinajstić information content (AvgIpc) is 3.54. The van der Waals surface area contributed by atoms with E-state index in [9.17, 15) is 0 Å². The van der Waals surface area contributed by atoms with Crippen LogP contribution >= 0.6 is 11.8 Å². The number of fused-ring (bicyclic) bond motifs is 7. The molecule has 9 aromatic carbocycles. The van der Waals surface area contributed by atoms with E-state index in [1.54, 1.807) is 0 Å². The first kappa shape index (κ1) is 40.6. The van der Waals surface area contributed by atoms with Crippen LogP contribution in [0, 0.1) is 6.92 Å². The normalized spacial score (nSPS) is 12.5. The van der Waals surface area contributed by atoms with E-state index in [2.05, 4.69) is 210 Å². The average molecular weight is 795 g/mol. The molecule has 0 saturated carbocycles. The number of aryl methyl sites for hydroxylation is 1. The minimum absolute atomic E-state index is 0.0688. The van der Waals surface area contributed by atoms with Gasteiger partial charge in [0.05, 0.1) is 0 Å². The van der Waals surface area contributed by atoms with E-state index in [0.717, 1.165) is 0 Å². The predicted octanol–water partition coefficient (Wildman–Crippen LogP) is 18.0. The van der Waals surface area contributed by atoms with Crippen molar-refractivity contribution in [3.8, 4) is 44.5 Å². The molecule has 0 nitrogen and oxygen atoms in total. The van der Waals surface area contributed by atoms with E-state index in [4.69, 9.17) is 0 Å². The molecule has 1 heteroatoms. The maximum absolute atomic E-state index is 2.47. The summed E-state index contributed by atoms with van der Waals surface area (Å²) in [6, 6.07) is 63.5. The molecule has 0 heterocycles. The molecule has 0 fully saturated rings. The lowest BCUT2D eigenvalue weighted by atomic mass is 9.80. The molecular formula is C59H54S. The molecule has 0 spiro atoms. The highest BCUT2D eigenvalue weighted by atomic mass is 32.2. The van der Waals surface area contributed by atoms with Crippen molar-refractivity contribution >= 4 is 50.2 Å². The van der Waals surface area contributed by atoms with Gasteiger partial charge >= 0.3 is 0 Å². The molecule has 0 atom stereocenters. The van der Waals surface area contributed by atoms with E-state index in [1.165, 1.54) is 109 Å². The molecule has 296 valence electrons. The maximum atomic E-state index is 2.47. The molecule has 0 N–H and O–H groups in total. The Balaban J connectivity index is 0.00000121. The van der Waals surface area contributed by atoms with Crippen LogP contribution < -0.4 is 0 Å². The van der Waals surface area contributed by atoms with Gasteiger partial charge in [0.15, 0.2) is 0 Å². The van der Waals surface area contributed by atoms with Gasteiger partial charge in [0.25, 0.3) is 0 Å². The fourth-order valence-electron chi connectivity index (χ4n) is 9.22. The molecule has 1 aliphatic carbocycles. The van der Waals surface area contributed by atoms with Crippen LogP contribution in [-0.4, -0.2) is 0 Å². The summed E-state index contributed by atoms with van der Waals surface area (Å²) in [6.07, 6.45) is 4.30. The minimum Gasteiger partial charge on any atom is -0.0901 e. The van der Waals surface area contributed by atoms with Gasteiger partial charge in [-0.2, -0.15) is 0 Å². The van der Waals surface area contributed by atoms with Gasteiger partial charge in [0, 0.05) is 15.2 Å². The molecule has 0 aliphatic heterocycles. The second-order valence-corrected chi connectivity index (χ2v) is 16.8. The molecule has 0 saturated heterocycles. The first-order valence-electron chi connectivity index (χ1n) is 21.6. The molecule has 0 aromatic heterocycles. The Morgan fingerprint density at radius 2 is 0.867 bits per heavy atom. The summed E-state index contributed by atoms with van der Waals surface area (Å²) in [5.74, 6) is 0.